The highest BCUT2D eigenvalue weighted by atomic mass is 16.5. The van der Waals surface area contributed by atoms with E-state index in [0.29, 0.717) is 6.54 Å². The van der Waals surface area contributed by atoms with E-state index in [0.717, 1.165) is 13.2 Å². The molecule has 0 fully saturated rings. The van der Waals surface area contributed by atoms with Crippen molar-refractivity contribution in [2.75, 3.05) is 0 Å². The maximum absolute atomic E-state index is 5.78. The third-order valence-electron chi connectivity index (χ3n) is 3.27. The van der Waals surface area contributed by atoms with Crippen molar-refractivity contribution >= 4 is 0 Å². The van der Waals surface area contributed by atoms with Gasteiger partial charge in [0.15, 0.2) is 0 Å². The maximum atomic E-state index is 5.78. The molecule has 0 unspecified atom stereocenters. The summed E-state index contributed by atoms with van der Waals surface area (Å²) >= 11 is 0. The Hall–Kier alpha value is -1.64. The van der Waals surface area contributed by atoms with Gasteiger partial charge in [-0.3, -0.25) is 0 Å². The minimum atomic E-state index is 0.573. The summed E-state index contributed by atoms with van der Waals surface area (Å²) in [7, 11) is 0. The third-order valence-corrected chi connectivity index (χ3v) is 3.27. The second-order valence-electron chi connectivity index (χ2n) is 4.34. The average Bonchev–Trinajstić information content (AvgIpc) is 2.85. The summed E-state index contributed by atoms with van der Waals surface area (Å²) in [6.45, 7) is 2.05. The number of hydrogen-bond acceptors (Lipinski definition) is 2. The van der Waals surface area contributed by atoms with Gasteiger partial charge in [0.1, 0.15) is 0 Å². The molecule has 0 saturated carbocycles. The van der Waals surface area contributed by atoms with Crippen LogP contribution in [0.15, 0.2) is 42.5 Å². The number of nitrogens with two attached hydrogens (primary N) is 1. The van der Waals surface area contributed by atoms with Crippen LogP contribution in [0.1, 0.15) is 16.7 Å². The SMILES string of the molecule is NCc1ccccc1-c1ccc2c(c1)COC2. The summed E-state index contributed by atoms with van der Waals surface area (Å²) in [6.07, 6.45) is 0. The summed E-state index contributed by atoms with van der Waals surface area (Å²) in [6, 6.07) is 14.8. The summed E-state index contributed by atoms with van der Waals surface area (Å²) in [4.78, 5) is 0. The van der Waals surface area contributed by atoms with Gasteiger partial charge in [-0.25, -0.2) is 0 Å². The molecule has 2 nitrogen and oxygen atoms in total. The zero-order chi connectivity index (χ0) is 11.7. The van der Waals surface area contributed by atoms with Crippen LogP contribution in [0.5, 0.6) is 0 Å². The Labute approximate surface area is 101 Å². The number of fused-ring (bicyclic) bond motifs is 1. The van der Waals surface area contributed by atoms with Crippen molar-refractivity contribution in [1.29, 1.82) is 0 Å². The smallest absolute Gasteiger partial charge is 0.0725 e. The lowest BCUT2D eigenvalue weighted by Crippen LogP contribution is -1.98. The van der Waals surface area contributed by atoms with Crippen LogP contribution >= 0.6 is 0 Å². The van der Waals surface area contributed by atoms with Crippen molar-refractivity contribution in [2.45, 2.75) is 19.8 Å². The highest BCUT2D eigenvalue weighted by Gasteiger charge is 2.12. The number of hydrogen-bond donors (Lipinski definition) is 1. The number of benzene rings is 2. The first-order valence-electron chi connectivity index (χ1n) is 5.86. The van der Waals surface area contributed by atoms with E-state index in [1.165, 1.54) is 27.8 Å². The quantitative estimate of drug-likeness (QED) is 0.853. The molecule has 0 amide bonds. The average molecular weight is 225 g/mol. The van der Waals surface area contributed by atoms with Gasteiger partial charge >= 0.3 is 0 Å². The van der Waals surface area contributed by atoms with E-state index in [-0.39, 0.29) is 0 Å². The monoisotopic (exact) mass is 225 g/mol. The molecule has 0 bridgehead atoms. The third kappa shape index (κ3) is 1.86. The predicted molar refractivity (Wildman–Crippen MR) is 68.3 cm³/mol. The van der Waals surface area contributed by atoms with Gasteiger partial charge in [-0.15, -0.1) is 0 Å². The van der Waals surface area contributed by atoms with Crippen molar-refractivity contribution in [3.63, 3.8) is 0 Å². The van der Waals surface area contributed by atoms with Gasteiger partial charge in [0, 0.05) is 6.54 Å². The second-order valence-corrected chi connectivity index (χ2v) is 4.34. The molecular formula is C15H15NO. The van der Waals surface area contributed by atoms with Gasteiger partial charge in [0.05, 0.1) is 13.2 Å². The van der Waals surface area contributed by atoms with E-state index >= 15 is 0 Å². The Bertz CT molecular complexity index is 548. The Balaban J connectivity index is 2.09. The minimum absolute atomic E-state index is 0.573. The Morgan fingerprint density at radius 2 is 1.82 bits per heavy atom. The van der Waals surface area contributed by atoms with Crippen LogP contribution in [0.25, 0.3) is 11.1 Å². The molecule has 2 aromatic carbocycles. The standard InChI is InChI=1S/C15H15NO/c16-8-12-3-1-2-4-15(12)11-5-6-13-9-17-10-14(13)7-11/h1-7H,8-10,16H2. The van der Waals surface area contributed by atoms with Crippen LogP contribution in [0.2, 0.25) is 0 Å². The number of rotatable bonds is 2. The number of ether oxygens (including phenoxy) is 1. The van der Waals surface area contributed by atoms with Crippen LogP contribution in [0.3, 0.4) is 0 Å². The molecule has 1 heterocycles. The van der Waals surface area contributed by atoms with Gasteiger partial charge in [0.2, 0.25) is 0 Å². The van der Waals surface area contributed by atoms with Gasteiger partial charge in [-0.1, -0.05) is 36.4 Å². The lowest BCUT2D eigenvalue weighted by molar-refractivity contribution is 0.134. The van der Waals surface area contributed by atoms with Gasteiger partial charge in [-0.05, 0) is 33.9 Å². The van der Waals surface area contributed by atoms with Crippen molar-refractivity contribution in [1.82, 2.24) is 0 Å². The minimum Gasteiger partial charge on any atom is -0.372 e. The van der Waals surface area contributed by atoms with Gasteiger partial charge < -0.3 is 10.5 Å². The Morgan fingerprint density at radius 1 is 1.00 bits per heavy atom. The molecule has 0 atom stereocenters. The highest BCUT2D eigenvalue weighted by molar-refractivity contribution is 5.68. The lowest BCUT2D eigenvalue weighted by atomic mass is 9.97. The summed E-state index contributed by atoms with van der Waals surface area (Å²) in [5, 5.41) is 0. The van der Waals surface area contributed by atoms with Crippen LogP contribution in [-0.2, 0) is 24.5 Å². The van der Waals surface area contributed by atoms with E-state index in [1.54, 1.807) is 0 Å². The summed E-state index contributed by atoms with van der Waals surface area (Å²) in [5.41, 5.74) is 12.0. The largest absolute Gasteiger partial charge is 0.372 e. The van der Waals surface area contributed by atoms with E-state index in [2.05, 4.69) is 36.4 Å². The topological polar surface area (TPSA) is 35.2 Å². The Kier molecular flexibility index (Phi) is 2.67. The predicted octanol–water partition coefficient (Wildman–Crippen LogP) is 2.84. The van der Waals surface area contributed by atoms with Crippen molar-refractivity contribution in [2.24, 2.45) is 5.73 Å². The van der Waals surface area contributed by atoms with E-state index in [9.17, 15) is 0 Å². The van der Waals surface area contributed by atoms with E-state index in [4.69, 9.17) is 10.5 Å². The molecule has 0 aromatic heterocycles. The van der Waals surface area contributed by atoms with Gasteiger partial charge in [0.25, 0.3) is 0 Å². The van der Waals surface area contributed by atoms with Crippen LogP contribution in [0.4, 0.5) is 0 Å². The molecule has 1 aliphatic heterocycles. The van der Waals surface area contributed by atoms with Crippen LogP contribution in [0, 0.1) is 0 Å². The summed E-state index contributed by atoms with van der Waals surface area (Å²) in [5.74, 6) is 0. The molecule has 0 radical (unpaired) electrons. The zero-order valence-electron chi connectivity index (χ0n) is 9.65. The highest BCUT2D eigenvalue weighted by Crippen LogP contribution is 2.28. The molecule has 1 aliphatic rings. The molecule has 86 valence electrons. The van der Waals surface area contributed by atoms with E-state index in [1.807, 2.05) is 6.07 Å². The van der Waals surface area contributed by atoms with Crippen molar-refractivity contribution < 1.29 is 4.74 Å². The molecule has 0 aliphatic carbocycles. The maximum Gasteiger partial charge on any atom is 0.0725 e. The second kappa shape index (κ2) is 4.32. The molecule has 2 N–H and O–H groups in total. The normalized spacial score (nSPS) is 13.7. The van der Waals surface area contributed by atoms with Gasteiger partial charge in [-0.2, -0.15) is 0 Å². The fourth-order valence-corrected chi connectivity index (χ4v) is 2.32. The van der Waals surface area contributed by atoms with Crippen LogP contribution < -0.4 is 5.73 Å². The molecule has 17 heavy (non-hydrogen) atoms. The fraction of sp³-hybridized carbons (Fsp3) is 0.200. The molecule has 3 rings (SSSR count). The van der Waals surface area contributed by atoms with Crippen molar-refractivity contribution in [3.05, 3.63) is 59.2 Å². The fourth-order valence-electron chi connectivity index (χ4n) is 2.32. The zero-order valence-corrected chi connectivity index (χ0v) is 9.65. The molecule has 0 spiro atoms. The first-order valence-corrected chi connectivity index (χ1v) is 5.86. The Morgan fingerprint density at radius 3 is 2.71 bits per heavy atom. The molecule has 0 saturated heterocycles. The molecule has 2 aromatic rings. The summed E-state index contributed by atoms with van der Waals surface area (Å²) < 4.78 is 5.44. The first-order chi connectivity index (χ1) is 8.38. The van der Waals surface area contributed by atoms with Crippen LogP contribution in [-0.4, -0.2) is 0 Å². The van der Waals surface area contributed by atoms with Crippen molar-refractivity contribution in [3.8, 4) is 11.1 Å². The van der Waals surface area contributed by atoms with E-state index < -0.39 is 0 Å². The lowest BCUT2D eigenvalue weighted by Gasteiger charge is -2.09. The first kappa shape index (κ1) is 10.5. The molecule has 2 heteroatoms. The molecular weight excluding hydrogens is 210 g/mol.